The number of hydrogen-bond acceptors (Lipinski definition) is 5. The topological polar surface area (TPSA) is 100 Å². The second-order valence-corrected chi connectivity index (χ2v) is 6.43. The van der Waals surface area contributed by atoms with Crippen LogP contribution >= 0.6 is 15.9 Å². The minimum atomic E-state index is -4.04. The molecule has 0 radical (unpaired) electrons. The van der Waals surface area contributed by atoms with Crippen molar-refractivity contribution in [2.24, 2.45) is 5.14 Å². The normalized spacial score (nSPS) is 11.8. The molecule has 0 bridgehead atoms. The monoisotopic (exact) mass is 378 g/mol. The highest BCUT2D eigenvalue weighted by molar-refractivity contribution is 9.10. The van der Waals surface area contributed by atoms with Gasteiger partial charge in [0.2, 0.25) is 0 Å². The van der Waals surface area contributed by atoms with Gasteiger partial charge in [0.05, 0.1) is 17.6 Å². The van der Waals surface area contributed by atoms with E-state index in [0.717, 1.165) is 0 Å². The molecule has 0 saturated heterocycles. The quantitative estimate of drug-likeness (QED) is 0.840. The summed E-state index contributed by atoms with van der Waals surface area (Å²) in [6.45, 7) is 0.398. The van der Waals surface area contributed by atoms with Crippen LogP contribution in [-0.2, 0) is 21.3 Å². The molecule has 21 heavy (non-hydrogen) atoms. The number of primary sulfonamides is 1. The first-order valence-electron chi connectivity index (χ1n) is 5.75. The average molecular weight is 379 g/mol. The summed E-state index contributed by atoms with van der Waals surface area (Å²) < 4.78 is 43.1. The number of nitrogens with two attached hydrogens (primary N) is 1. The smallest absolute Gasteiger partial charge is 0.273 e. The molecule has 114 valence electrons. The van der Waals surface area contributed by atoms with Gasteiger partial charge in [-0.05, 0) is 34.1 Å². The van der Waals surface area contributed by atoms with Crippen LogP contribution in [0.15, 0.2) is 27.8 Å². The van der Waals surface area contributed by atoms with Gasteiger partial charge in [0.15, 0.2) is 5.82 Å². The molecule has 2 aromatic rings. The number of aromatic nitrogens is 3. The van der Waals surface area contributed by atoms with E-state index in [1.165, 1.54) is 23.8 Å². The predicted molar refractivity (Wildman–Crippen MR) is 76.4 cm³/mol. The zero-order valence-corrected chi connectivity index (χ0v) is 13.4. The van der Waals surface area contributed by atoms with Gasteiger partial charge in [0, 0.05) is 12.7 Å². The Morgan fingerprint density at radius 3 is 2.71 bits per heavy atom. The molecular weight excluding hydrogens is 367 g/mol. The Labute approximate surface area is 129 Å². The van der Waals surface area contributed by atoms with Crippen molar-refractivity contribution in [1.29, 1.82) is 0 Å². The fourth-order valence-corrected chi connectivity index (χ4v) is 2.62. The first kappa shape index (κ1) is 16.0. The number of nitrogens with zero attached hydrogens (tertiary/aromatic N) is 3. The molecule has 0 aliphatic heterocycles. The molecule has 2 rings (SSSR count). The Morgan fingerprint density at radius 1 is 1.43 bits per heavy atom. The third-order valence-corrected chi connectivity index (χ3v) is 4.12. The fraction of sp³-hybridized carbons (Fsp3) is 0.273. The first-order valence-corrected chi connectivity index (χ1v) is 8.09. The van der Waals surface area contributed by atoms with Crippen LogP contribution in [0.25, 0.3) is 11.4 Å². The van der Waals surface area contributed by atoms with Crippen molar-refractivity contribution in [3.05, 3.63) is 28.5 Å². The summed E-state index contributed by atoms with van der Waals surface area (Å²) in [6.07, 6.45) is 0. The van der Waals surface area contributed by atoms with Gasteiger partial charge >= 0.3 is 0 Å². The molecule has 1 aromatic heterocycles. The van der Waals surface area contributed by atoms with E-state index in [-0.39, 0.29) is 19.0 Å². The van der Waals surface area contributed by atoms with Crippen molar-refractivity contribution in [3.63, 3.8) is 0 Å². The van der Waals surface area contributed by atoms with Gasteiger partial charge in [-0.15, -0.1) is 10.2 Å². The predicted octanol–water partition coefficient (Wildman–Crippen LogP) is 1.14. The fourth-order valence-electron chi connectivity index (χ4n) is 1.73. The van der Waals surface area contributed by atoms with Crippen molar-refractivity contribution in [2.75, 3.05) is 13.7 Å². The molecule has 0 fully saturated rings. The van der Waals surface area contributed by atoms with Crippen LogP contribution in [0.4, 0.5) is 4.39 Å². The Kier molecular flexibility index (Phi) is 4.71. The standard InChI is InChI=1S/C11H12BrFN4O3S/c1-20-5-4-17-10(15-16-11(17)21(14,18)19)7-2-3-8(12)9(13)6-7/h2-3,6H,4-5H2,1H3,(H2,14,18,19). The van der Waals surface area contributed by atoms with Gasteiger partial charge in [0.1, 0.15) is 5.82 Å². The van der Waals surface area contributed by atoms with E-state index in [1.807, 2.05) is 0 Å². The van der Waals surface area contributed by atoms with E-state index < -0.39 is 21.0 Å². The lowest BCUT2D eigenvalue weighted by molar-refractivity contribution is 0.185. The third kappa shape index (κ3) is 3.46. The molecule has 10 heteroatoms. The van der Waals surface area contributed by atoms with Crippen molar-refractivity contribution in [3.8, 4) is 11.4 Å². The summed E-state index contributed by atoms with van der Waals surface area (Å²) in [5.74, 6) is -0.298. The summed E-state index contributed by atoms with van der Waals surface area (Å²) >= 11 is 3.05. The van der Waals surface area contributed by atoms with E-state index in [2.05, 4.69) is 26.1 Å². The lowest BCUT2D eigenvalue weighted by atomic mass is 10.2. The van der Waals surface area contributed by atoms with Gasteiger partial charge in [-0.2, -0.15) is 0 Å². The van der Waals surface area contributed by atoms with E-state index in [4.69, 9.17) is 9.88 Å². The van der Waals surface area contributed by atoms with Crippen molar-refractivity contribution >= 4 is 26.0 Å². The van der Waals surface area contributed by atoms with Crippen LogP contribution < -0.4 is 5.14 Å². The van der Waals surface area contributed by atoms with E-state index in [9.17, 15) is 12.8 Å². The minimum Gasteiger partial charge on any atom is -0.383 e. The molecule has 2 N–H and O–H groups in total. The highest BCUT2D eigenvalue weighted by Gasteiger charge is 2.22. The Bertz CT molecular complexity index is 763. The van der Waals surface area contributed by atoms with Gasteiger partial charge in [-0.25, -0.2) is 17.9 Å². The maximum atomic E-state index is 13.6. The van der Waals surface area contributed by atoms with Crippen LogP contribution in [0, 0.1) is 5.82 Å². The van der Waals surface area contributed by atoms with Crippen molar-refractivity contribution in [1.82, 2.24) is 14.8 Å². The number of halogens is 2. The number of benzene rings is 1. The van der Waals surface area contributed by atoms with Crippen molar-refractivity contribution in [2.45, 2.75) is 11.7 Å². The van der Waals surface area contributed by atoms with Crippen LogP contribution in [-0.4, -0.2) is 36.9 Å². The average Bonchev–Trinajstić information content (AvgIpc) is 2.83. The molecule has 7 nitrogen and oxygen atoms in total. The number of sulfonamides is 1. The van der Waals surface area contributed by atoms with Crippen LogP contribution in [0.5, 0.6) is 0 Å². The second-order valence-electron chi connectivity index (χ2n) is 4.12. The minimum absolute atomic E-state index is 0.169. The van der Waals surface area contributed by atoms with E-state index in [0.29, 0.717) is 10.0 Å². The first-order chi connectivity index (χ1) is 9.84. The molecular formula is C11H12BrFN4O3S. The lowest BCUT2D eigenvalue weighted by Gasteiger charge is -2.09. The lowest BCUT2D eigenvalue weighted by Crippen LogP contribution is -2.20. The van der Waals surface area contributed by atoms with E-state index in [1.54, 1.807) is 6.07 Å². The SMILES string of the molecule is COCCn1c(-c2ccc(Br)c(F)c2)nnc1S(N)(=O)=O. The zero-order chi connectivity index (χ0) is 15.6. The number of methoxy groups -OCH3 is 1. The highest BCUT2D eigenvalue weighted by atomic mass is 79.9. The number of hydrogen-bond donors (Lipinski definition) is 1. The largest absolute Gasteiger partial charge is 0.383 e. The summed E-state index contributed by atoms with van der Waals surface area (Å²) in [7, 11) is -2.57. The van der Waals surface area contributed by atoms with Gasteiger partial charge < -0.3 is 4.74 Å². The highest BCUT2D eigenvalue weighted by Crippen LogP contribution is 2.24. The maximum absolute atomic E-state index is 13.6. The Hall–Kier alpha value is -1.36. The molecule has 0 atom stereocenters. The van der Waals surface area contributed by atoms with Gasteiger partial charge in [0.25, 0.3) is 15.2 Å². The Morgan fingerprint density at radius 2 is 2.14 bits per heavy atom. The summed E-state index contributed by atoms with van der Waals surface area (Å²) in [6, 6.07) is 4.31. The third-order valence-electron chi connectivity index (χ3n) is 2.67. The van der Waals surface area contributed by atoms with Crippen LogP contribution in [0.1, 0.15) is 0 Å². The van der Waals surface area contributed by atoms with E-state index >= 15 is 0 Å². The van der Waals surface area contributed by atoms with Crippen LogP contribution in [0.3, 0.4) is 0 Å². The molecule has 0 unspecified atom stereocenters. The number of ether oxygens (including phenoxy) is 1. The molecule has 1 heterocycles. The summed E-state index contributed by atoms with van der Waals surface area (Å²) in [5.41, 5.74) is 0.384. The molecule has 0 saturated carbocycles. The van der Waals surface area contributed by atoms with Gasteiger partial charge in [-0.1, -0.05) is 0 Å². The van der Waals surface area contributed by atoms with Crippen molar-refractivity contribution < 1.29 is 17.5 Å². The second kappa shape index (κ2) is 6.18. The molecule has 0 amide bonds. The van der Waals surface area contributed by atoms with Gasteiger partial charge in [-0.3, -0.25) is 4.57 Å². The molecule has 0 aliphatic carbocycles. The summed E-state index contributed by atoms with van der Waals surface area (Å²) in [4.78, 5) is 0. The maximum Gasteiger partial charge on any atom is 0.273 e. The zero-order valence-electron chi connectivity index (χ0n) is 11.0. The van der Waals surface area contributed by atoms with Crippen LogP contribution in [0.2, 0.25) is 0 Å². The summed E-state index contributed by atoms with van der Waals surface area (Å²) in [5, 5.41) is 12.1. The number of rotatable bonds is 5. The molecule has 0 spiro atoms. The molecule has 1 aromatic carbocycles. The molecule has 0 aliphatic rings. The Balaban J connectivity index is 2.57.